The first-order chi connectivity index (χ1) is 9.97. The molecule has 2 unspecified atom stereocenters. The van der Waals surface area contributed by atoms with Crippen LogP contribution in [0, 0.1) is 5.92 Å². The van der Waals surface area contributed by atoms with Crippen LogP contribution in [0.4, 0.5) is 4.79 Å². The van der Waals surface area contributed by atoms with Gasteiger partial charge in [-0.05, 0) is 18.6 Å². The summed E-state index contributed by atoms with van der Waals surface area (Å²) in [5, 5.41) is 8.03. The second-order valence-electron chi connectivity index (χ2n) is 4.93. The summed E-state index contributed by atoms with van der Waals surface area (Å²) >= 11 is 6.00. The summed E-state index contributed by atoms with van der Waals surface area (Å²) in [6, 6.07) is 6.30. The van der Waals surface area contributed by atoms with Crippen LogP contribution >= 0.6 is 11.6 Å². The lowest BCUT2D eigenvalue weighted by Gasteiger charge is -2.28. The molecule has 1 aromatic rings. The van der Waals surface area contributed by atoms with E-state index in [0.717, 1.165) is 5.56 Å². The summed E-state index contributed by atoms with van der Waals surface area (Å²) < 4.78 is 0. The van der Waals surface area contributed by atoms with Crippen LogP contribution in [-0.4, -0.2) is 23.9 Å². The summed E-state index contributed by atoms with van der Waals surface area (Å²) in [6.07, 6.45) is 0.0116. The van der Waals surface area contributed by atoms with Gasteiger partial charge >= 0.3 is 6.03 Å². The zero-order valence-corrected chi connectivity index (χ0v) is 12.2. The van der Waals surface area contributed by atoms with Gasteiger partial charge in [-0.15, -0.1) is 0 Å². The van der Waals surface area contributed by atoms with Crippen molar-refractivity contribution in [3.8, 4) is 0 Å². The molecule has 7 heteroatoms. The van der Waals surface area contributed by atoms with Crippen LogP contribution in [0.5, 0.6) is 0 Å². The van der Waals surface area contributed by atoms with E-state index in [2.05, 4.69) is 16.0 Å². The number of imide groups is 1. The second kappa shape index (κ2) is 6.58. The van der Waals surface area contributed by atoms with Crippen molar-refractivity contribution in [3.63, 3.8) is 0 Å². The van der Waals surface area contributed by atoms with E-state index in [1.165, 1.54) is 0 Å². The van der Waals surface area contributed by atoms with E-state index < -0.39 is 17.9 Å². The van der Waals surface area contributed by atoms with E-state index >= 15 is 0 Å². The van der Waals surface area contributed by atoms with Gasteiger partial charge in [0.2, 0.25) is 11.8 Å². The minimum atomic E-state index is -0.575. The number of hydrogen-bond donors (Lipinski definition) is 3. The third-order valence-electron chi connectivity index (χ3n) is 3.37. The SMILES string of the molecule is CC1NC(=O)NC(=O)C1CC(=O)NCc1ccccc1Cl. The number of benzene rings is 1. The maximum atomic E-state index is 11.9. The smallest absolute Gasteiger partial charge is 0.321 e. The number of carbonyl (C=O) groups excluding carboxylic acids is 3. The van der Waals surface area contributed by atoms with Gasteiger partial charge in [-0.2, -0.15) is 0 Å². The number of amides is 4. The maximum Gasteiger partial charge on any atom is 0.321 e. The Labute approximate surface area is 127 Å². The number of carbonyl (C=O) groups is 3. The molecule has 2 rings (SSSR count). The minimum absolute atomic E-state index is 0.0116. The Morgan fingerprint density at radius 2 is 2.05 bits per heavy atom. The van der Waals surface area contributed by atoms with E-state index in [4.69, 9.17) is 11.6 Å². The Balaban J connectivity index is 1.88. The van der Waals surface area contributed by atoms with Gasteiger partial charge in [0.1, 0.15) is 0 Å². The topological polar surface area (TPSA) is 87.3 Å². The molecule has 1 saturated heterocycles. The number of urea groups is 1. The fraction of sp³-hybridized carbons (Fsp3) is 0.357. The van der Waals surface area contributed by atoms with Gasteiger partial charge in [-0.25, -0.2) is 4.79 Å². The van der Waals surface area contributed by atoms with Crippen LogP contribution in [0.15, 0.2) is 24.3 Å². The molecule has 1 aliphatic heterocycles. The molecule has 112 valence electrons. The van der Waals surface area contributed by atoms with Crippen LogP contribution in [0.25, 0.3) is 0 Å². The Bertz CT molecular complexity index is 576. The minimum Gasteiger partial charge on any atom is -0.352 e. The monoisotopic (exact) mass is 309 g/mol. The Kier molecular flexibility index (Phi) is 4.80. The molecule has 1 aliphatic rings. The van der Waals surface area contributed by atoms with Gasteiger partial charge in [0, 0.05) is 24.0 Å². The second-order valence-corrected chi connectivity index (χ2v) is 5.34. The van der Waals surface area contributed by atoms with Gasteiger partial charge in [0.15, 0.2) is 0 Å². The first-order valence-electron chi connectivity index (χ1n) is 6.59. The van der Waals surface area contributed by atoms with Crippen molar-refractivity contribution in [3.05, 3.63) is 34.9 Å². The molecule has 0 radical (unpaired) electrons. The van der Waals surface area contributed by atoms with E-state index in [9.17, 15) is 14.4 Å². The zero-order valence-electron chi connectivity index (χ0n) is 11.5. The molecule has 0 bridgehead atoms. The van der Waals surface area contributed by atoms with Crippen LogP contribution in [0.2, 0.25) is 5.02 Å². The largest absolute Gasteiger partial charge is 0.352 e. The average molecular weight is 310 g/mol. The lowest BCUT2D eigenvalue weighted by atomic mass is 9.94. The molecular weight excluding hydrogens is 294 g/mol. The average Bonchev–Trinajstić information content (AvgIpc) is 2.42. The molecular formula is C14H16ClN3O3. The molecule has 0 aliphatic carbocycles. The van der Waals surface area contributed by atoms with Crippen molar-refractivity contribution < 1.29 is 14.4 Å². The molecule has 21 heavy (non-hydrogen) atoms. The van der Waals surface area contributed by atoms with Crippen molar-refractivity contribution >= 4 is 29.4 Å². The number of nitrogens with one attached hydrogen (secondary N) is 3. The zero-order chi connectivity index (χ0) is 15.4. The van der Waals surface area contributed by atoms with Gasteiger partial charge in [-0.1, -0.05) is 29.8 Å². The normalized spacial score (nSPS) is 21.4. The molecule has 3 N–H and O–H groups in total. The van der Waals surface area contributed by atoms with Gasteiger partial charge in [0.05, 0.1) is 5.92 Å². The molecule has 0 spiro atoms. The molecule has 0 aromatic heterocycles. The third kappa shape index (κ3) is 3.95. The van der Waals surface area contributed by atoms with Crippen LogP contribution in [-0.2, 0) is 16.1 Å². The van der Waals surface area contributed by atoms with Crippen molar-refractivity contribution in [1.82, 2.24) is 16.0 Å². The summed E-state index contributed by atoms with van der Waals surface area (Å²) in [7, 11) is 0. The summed E-state index contributed by atoms with van der Waals surface area (Å²) in [5.41, 5.74) is 0.807. The summed E-state index contributed by atoms with van der Waals surface area (Å²) in [4.78, 5) is 34.7. The predicted octanol–water partition coefficient (Wildman–Crippen LogP) is 1.19. The fourth-order valence-corrected chi connectivity index (χ4v) is 2.35. The summed E-state index contributed by atoms with van der Waals surface area (Å²) in [6.45, 7) is 2.00. The third-order valence-corrected chi connectivity index (χ3v) is 3.74. The number of hydrogen-bond acceptors (Lipinski definition) is 3. The Morgan fingerprint density at radius 1 is 1.33 bits per heavy atom. The van der Waals surface area contributed by atoms with E-state index in [0.29, 0.717) is 11.6 Å². The lowest BCUT2D eigenvalue weighted by molar-refractivity contribution is -0.131. The van der Waals surface area contributed by atoms with Gasteiger partial charge in [0.25, 0.3) is 0 Å². The predicted molar refractivity (Wildman–Crippen MR) is 77.5 cm³/mol. The Hall–Kier alpha value is -2.08. The summed E-state index contributed by atoms with van der Waals surface area (Å²) in [5.74, 6) is -1.27. The number of halogens is 1. The first kappa shape index (κ1) is 15.3. The van der Waals surface area contributed by atoms with Crippen LogP contribution in [0.3, 0.4) is 0 Å². The molecule has 4 amide bonds. The van der Waals surface area contributed by atoms with Crippen molar-refractivity contribution in [2.45, 2.75) is 25.9 Å². The van der Waals surface area contributed by atoms with Crippen molar-refractivity contribution in [2.24, 2.45) is 5.92 Å². The first-order valence-corrected chi connectivity index (χ1v) is 6.96. The highest BCUT2D eigenvalue weighted by atomic mass is 35.5. The van der Waals surface area contributed by atoms with E-state index in [1.54, 1.807) is 13.0 Å². The lowest BCUT2D eigenvalue weighted by Crippen LogP contribution is -2.57. The van der Waals surface area contributed by atoms with Gasteiger partial charge < -0.3 is 10.6 Å². The van der Waals surface area contributed by atoms with Crippen molar-refractivity contribution in [2.75, 3.05) is 0 Å². The standard InChI is InChI=1S/C14H16ClN3O3/c1-8-10(13(20)18-14(21)17-8)6-12(19)16-7-9-4-2-3-5-11(9)15/h2-5,8,10H,6-7H2,1H3,(H,16,19)(H2,17,18,20,21). The maximum absolute atomic E-state index is 11.9. The van der Waals surface area contributed by atoms with E-state index in [-0.39, 0.29) is 18.4 Å². The molecule has 2 atom stereocenters. The van der Waals surface area contributed by atoms with Gasteiger partial charge in [-0.3, -0.25) is 14.9 Å². The fourth-order valence-electron chi connectivity index (χ4n) is 2.15. The highest BCUT2D eigenvalue weighted by Gasteiger charge is 2.33. The molecule has 1 heterocycles. The highest BCUT2D eigenvalue weighted by molar-refractivity contribution is 6.31. The highest BCUT2D eigenvalue weighted by Crippen LogP contribution is 2.16. The quantitative estimate of drug-likeness (QED) is 0.781. The van der Waals surface area contributed by atoms with Crippen LogP contribution < -0.4 is 16.0 Å². The van der Waals surface area contributed by atoms with Crippen LogP contribution in [0.1, 0.15) is 18.9 Å². The Morgan fingerprint density at radius 3 is 2.71 bits per heavy atom. The van der Waals surface area contributed by atoms with E-state index in [1.807, 2.05) is 18.2 Å². The number of rotatable bonds is 4. The molecule has 1 fully saturated rings. The molecule has 0 saturated carbocycles. The van der Waals surface area contributed by atoms with Crippen molar-refractivity contribution in [1.29, 1.82) is 0 Å². The molecule has 6 nitrogen and oxygen atoms in total. The molecule has 1 aromatic carbocycles.